The van der Waals surface area contributed by atoms with Crippen molar-refractivity contribution in [2.24, 2.45) is 5.92 Å². The van der Waals surface area contributed by atoms with Gasteiger partial charge in [0.25, 0.3) is 0 Å². The molecule has 1 aromatic heterocycles. The van der Waals surface area contributed by atoms with Crippen LogP contribution in [0.25, 0.3) is 0 Å². The number of imide groups is 1. The van der Waals surface area contributed by atoms with Crippen molar-refractivity contribution in [3.05, 3.63) is 49.4 Å². The van der Waals surface area contributed by atoms with Gasteiger partial charge in [0.05, 0.1) is 10.9 Å². The molecule has 0 unspecified atom stereocenters. The Labute approximate surface area is 160 Å². The SMILES string of the molecule is O=C(O)CN1C(=O)[C@@H]2[C@@H](c3ccc(Cl)cc3)c3sc(=O)[nH]c3S[C@@H]2C1=O. The number of aliphatic carboxylic acids is 1. The van der Waals surface area contributed by atoms with E-state index in [0.717, 1.165) is 33.6 Å². The van der Waals surface area contributed by atoms with Crippen LogP contribution in [0.1, 0.15) is 16.4 Å². The summed E-state index contributed by atoms with van der Waals surface area (Å²) in [5, 5.41) is 9.33. The van der Waals surface area contributed by atoms with Crippen molar-refractivity contribution in [2.45, 2.75) is 16.2 Å². The molecule has 1 aromatic carbocycles. The maximum Gasteiger partial charge on any atom is 0.323 e. The third kappa shape index (κ3) is 2.67. The molecule has 4 rings (SSSR count). The van der Waals surface area contributed by atoms with E-state index in [-0.39, 0.29) is 4.87 Å². The average Bonchev–Trinajstić information content (AvgIpc) is 3.06. The van der Waals surface area contributed by atoms with Crippen molar-refractivity contribution in [2.75, 3.05) is 6.54 Å². The fourth-order valence-corrected chi connectivity index (χ4v) is 6.06. The molecule has 2 amide bonds. The molecule has 0 aliphatic carbocycles. The number of carboxylic acids is 1. The number of amides is 2. The first-order valence-corrected chi connectivity index (χ1v) is 9.66. The molecule has 1 saturated heterocycles. The number of hydrogen-bond acceptors (Lipinski definition) is 6. The zero-order chi connectivity index (χ0) is 18.6. The van der Waals surface area contributed by atoms with Gasteiger partial charge in [-0.05, 0) is 17.7 Å². The van der Waals surface area contributed by atoms with Crippen LogP contribution in [0.4, 0.5) is 0 Å². The second-order valence-electron chi connectivity index (χ2n) is 5.96. The highest BCUT2D eigenvalue weighted by atomic mass is 35.5. The van der Waals surface area contributed by atoms with E-state index in [9.17, 15) is 19.2 Å². The van der Waals surface area contributed by atoms with Crippen LogP contribution in [0, 0.1) is 5.92 Å². The van der Waals surface area contributed by atoms with Crippen molar-refractivity contribution in [3.8, 4) is 0 Å². The number of carboxylic acid groups (broad SMARTS) is 1. The Bertz CT molecular complexity index is 983. The molecule has 2 N–H and O–H groups in total. The molecule has 2 aliphatic rings. The summed E-state index contributed by atoms with van der Waals surface area (Å²) in [7, 11) is 0. The summed E-state index contributed by atoms with van der Waals surface area (Å²) in [5.41, 5.74) is 0.750. The van der Waals surface area contributed by atoms with Gasteiger partial charge in [0.1, 0.15) is 11.8 Å². The maximum atomic E-state index is 12.9. The Morgan fingerprint density at radius 2 is 1.88 bits per heavy atom. The Morgan fingerprint density at radius 1 is 1.19 bits per heavy atom. The van der Waals surface area contributed by atoms with Crippen LogP contribution < -0.4 is 4.87 Å². The first-order chi connectivity index (χ1) is 12.4. The van der Waals surface area contributed by atoms with Crippen LogP contribution in [-0.4, -0.2) is 44.6 Å². The molecule has 3 atom stereocenters. The number of hydrogen-bond donors (Lipinski definition) is 2. The Kier molecular flexibility index (Phi) is 4.17. The number of nitrogens with one attached hydrogen (secondary N) is 1. The van der Waals surface area contributed by atoms with E-state index in [1.807, 2.05) is 0 Å². The van der Waals surface area contributed by atoms with Crippen molar-refractivity contribution in [1.29, 1.82) is 0 Å². The van der Waals surface area contributed by atoms with Gasteiger partial charge in [-0.15, -0.1) is 0 Å². The highest BCUT2D eigenvalue weighted by molar-refractivity contribution is 8.00. The van der Waals surface area contributed by atoms with Gasteiger partial charge in [0.15, 0.2) is 0 Å². The van der Waals surface area contributed by atoms with Crippen LogP contribution in [0.3, 0.4) is 0 Å². The number of fused-ring (bicyclic) bond motifs is 2. The largest absolute Gasteiger partial charge is 0.480 e. The number of halogens is 1. The van der Waals surface area contributed by atoms with Crippen molar-refractivity contribution < 1.29 is 19.5 Å². The van der Waals surface area contributed by atoms with Crippen LogP contribution in [0.5, 0.6) is 0 Å². The second-order valence-corrected chi connectivity index (χ2v) is 8.56. The Hall–Kier alpha value is -2.10. The highest BCUT2D eigenvalue weighted by Gasteiger charge is 2.56. The molecule has 7 nitrogen and oxygen atoms in total. The van der Waals surface area contributed by atoms with Crippen LogP contribution >= 0.6 is 34.7 Å². The van der Waals surface area contributed by atoms with E-state index in [2.05, 4.69) is 4.98 Å². The fraction of sp³-hybridized carbons (Fsp3) is 0.250. The predicted octanol–water partition coefficient (Wildman–Crippen LogP) is 1.77. The number of aromatic amines is 1. The molecule has 134 valence electrons. The van der Waals surface area contributed by atoms with Gasteiger partial charge < -0.3 is 10.1 Å². The molecule has 1 fully saturated rings. The van der Waals surface area contributed by atoms with Crippen LogP contribution in [0.2, 0.25) is 5.02 Å². The smallest absolute Gasteiger partial charge is 0.323 e. The minimum absolute atomic E-state index is 0.260. The predicted molar refractivity (Wildman–Crippen MR) is 95.7 cm³/mol. The van der Waals surface area contributed by atoms with Gasteiger partial charge in [0.2, 0.25) is 11.8 Å². The number of thioether (sulfide) groups is 1. The molecule has 0 bridgehead atoms. The zero-order valence-electron chi connectivity index (χ0n) is 13.0. The monoisotopic (exact) mass is 410 g/mol. The summed E-state index contributed by atoms with van der Waals surface area (Å²) in [6, 6.07) is 6.87. The number of H-pyrrole nitrogens is 1. The minimum atomic E-state index is -1.25. The second kappa shape index (κ2) is 6.26. The van der Waals surface area contributed by atoms with E-state index in [1.54, 1.807) is 24.3 Å². The summed E-state index contributed by atoms with van der Waals surface area (Å²) in [6.45, 7) is -0.664. The third-order valence-electron chi connectivity index (χ3n) is 4.44. The van der Waals surface area contributed by atoms with E-state index in [0.29, 0.717) is 14.9 Å². The number of rotatable bonds is 3. The maximum absolute atomic E-state index is 12.9. The number of carbonyl (C=O) groups is 3. The van der Waals surface area contributed by atoms with Gasteiger partial charge in [-0.1, -0.05) is 46.8 Å². The minimum Gasteiger partial charge on any atom is -0.480 e. The number of nitrogens with zero attached hydrogens (tertiary/aromatic N) is 1. The molecule has 0 spiro atoms. The lowest BCUT2D eigenvalue weighted by Gasteiger charge is -2.29. The summed E-state index contributed by atoms with van der Waals surface area (Å²) >= 11 is 8.06. The fourth-order valence-electron chi connectivity index (χ4n) is 3.39. The number of thiazole rings is 1. The van der Waals surface area contributed by atoms with Gasteiger partial charge in [0, 0.05) is 15.8 Å². The van der Waals surface area contributed by atoms with Gasteiger partial charge in [-0.2, -0.15) is 0 Å². The first kappa shape index (κ1) is 17.3. The van der Waals surface area contributed by atoms with Crippen molar-refractivity contribution in [1.82, 2.24) is 9.88 Å². The molecule has 0 saturated carbocycles. The van der Waals surface area contributed by atoms with E-state index in [1.165, 1.54) is 0 Å². The normalized spacial score (nSPS) is 24.5. The van der Waals surface area contributed by atoms with E-state index < -0.39 is 41.4 Å². The Balaban J connectivity index is 1.85. The number of carbonyl (C=O) groups excluding carboxylic acids is 2. The molecule has 2 aliphatic heterocycles. The lowest BCUT2D eigenvalue weighted by molar-refractivity contribution is -0.149. The number of aromatic nitrogens is 1. The lowest BCUT2D eigenvalue weighted by Crippen LogP contribution is -2.36. The standard InChI is InChI=1S/C16H11ClN2O5S2/c17-7-3-1-6(2-4-7)9-10-12(25-13-11(9)26-16(24)18-13)15(23)19(14(10)22)5-8(20)21/h1-4,9-10,12H,5H2,(H,18,24)(H,20,21)/t9-,10-,12+/m1/s1. The summed E-state index contributed by atoms with van der Waals surface area (Å²) < 4.78 is 0. The van der Waals surface area contributed by atoms with Gasteiger partial charge >= 0.3 is 10.8 Å². The number of benzene rings is 1. The molecule has 0 radical (unpaired) electrons. The van der Waals surface area contributed by atoms with Crippen molar-refractivity contribution in [3.63, 3.8) is 0 Å². The molecule has 3 heterocycles. The molecular weight excluding hydrogens is 400 g/mol. The molecule has 10 heteroatoms. The van der Waals surface area contributed by atoms with Crippen LogP contribution in [0.15, 0.2) is 34.1 Å². The van der Waals surface area contributed by atoms with E-state index in [4.69, 9.17) is 16.7 Å². The topological polar surface area (TPSA) is 108 Å². The van der Waals surface area contributed by atoms with Crippen molar-refractivity contribution >= 4 is 52.5 Å². The van der Waals surface area contributed by atoms with Gasteiger partial charge in [-0.25, -0.2) is 0 Å². The van der Waals surface area contributed by atoms with Gasteiger partial charge in [-0.3, -0.25) is 24.1 Å². The third-order valence-corrected chi connectivity index (χ3v) is 7.09. The molecule has 2 aromatic rings. The average molecular weight is 411 g/mol. The molecule has 26 heavy (non-hydrogen) atoms. The highest BCUT2D eigenvalue weighted by Crippen LogP contribution is 2.52. The van der Waals surface area contributed by atoms with E-state index >= 15 is 0 Å². The quantitative estimate of drug-likeness (QED) is 0.746. The Morgan fingerprint density at radius 3 is 2.54 bits per heavy atom. The summed E-state index contributed by atoms with van der Waals surface area (Å²) in [6.07, 6.45) is 0. The van der Waals surface area contributed by atoms with Crippen LogP contribution in [-0.2, 0) is 14.4 Å². The molecular formula is C16H11ClN2O5S2. The summed E-state index contributed by atoms with van der Waals surface area (Å²) in [5.74, 6) is -3.58. The summed E-state index contributed by atoms with van der Waals surface area (Å²) in [4.78, 5) is 52.3. The zero-order valence-corrected chi connectivity index (χ0v) is 15.4. The lowest BCUT2D eigenvalue weighted by atomic mass is 9.83. The number of likely N-dealkylation sites (tertiary alicyclic amines) is 1. The first-order valence-electron chi connectivity index (χ1n) is 7.59.